The van der Waals surface area contributed by atoms with Gasteiger partial charge in [-0.3, -0.25) is 4.79 Å². The molecule has 0 aromatic carbocycles. The molecule has 0 unspecified atom stereocenters. The molecule has 1 rings (SSSR count). The number of carbonyl (C=O) groups is 1. The van der Waals surface area contributed by atoms with Gasteiger partial charge in [0, 0.05) is 12.5 Å². The highest BCUT2D eigenvalue weighted by molar-refractivity contribution is 5.69. The van der Waals surface area contributed by atoms with Crippen LogP contribution in [0.4, 0.5) is 0 Å². The Morgan fingerprint density at radius 3 is 2.73 bits per heavy atom. The van der Waals surface area contributed by atoms with Crippen molar-refractivity contribution in [1.29, 1.82) is 0 Å². The Hall–Kier alpha value is -1.65. The number of carboxylic acid groups (broad SMARTS) is 1. The lowest BCUT2D eigenvalue weighted by molar-refractivity contribution is -0.136. The Bertz CT molecular complexity index is 353. The van der Waals surface area contributed by atoms with Gasteiger partial charge in [0.25, 0.3) is 0 Å². The Morgan fingerprint density at radius 1 is 1.47 bits per heavy atom. The second kappa shape index (κ2) is 5.29. The molecule has 5 heteroatoms. The number of hydrogen-bond acceptors (Lipinski definition) is 4. The van der Waals surface area contributed by atoms with E-state index in [1.807, 2.05) is 13.8 Å². The van der Waals surface area contributed by atoms with E-state index >= 15 is 0 Å². The first-order chi connectivity index (χ1) is 7.15. The van der Waals surface area contributed by atoms with E-state index < -0.39 is 5.97 Å². The van der Waals surface area contributed by atoms with E-state index in [2.05, 4.69) is 9.97 Å². The fourth-order valence-corrected chi connectivity index (χ4v) is 1.15. The van der Waals surface area contributed by atoms with Crippen LogP contribution in [0.25, 0.3) is 0 Å². The van der Waals surface area contributed by atoms with Gasteiger partial charge in [-0.1, -0.05) is 6.92 Å². The summed E-state index contributed by atoms with van der Waals surface area (Å²) in [6.07, 6.45) is 0.559. The van der Waals surface area contributed by atoms with Gasteiger partial charge in [0.15, 0.2) is 0 Å². The number of carboxylic acids is 1. The number of aryl methyl sites for hydroxylation is 1. The Morgan fingerprint density at radius 2 is 2.20 bits per heavy atom. The molecule has 82 valence electrons. The van der Waals surface area contributed by atoms with Crippen LogP contribution in [0.15, 0.2) is 6.07 Å². The van der Waals surface area contributed by atoms with E-state index in [0.717, 1.165) is 0 Å². The van der Waals surface area contributed by atoms with Crippen molar-refractivity contribution in [3.8, 4) is 5.88 Å². The van der Waals surface area contributed by atoms with E-state index in [0.29, 0.717) is 30.4 Å². The number of aromatic nitrogens is 2. The highest BCUT2D eigenvalue weighted by atomic mass is 16.5. The van der Waals surface area contributed by atoms with Gasteiger partial charge in [-0.05, 0) is 6.92 Å². The number of ether oxygens (including phenoxy) is 1. The maximum absolute atomic E-state index is 10.5. The van der Waals surface area contributed by atoms with Crippen LogP contribution in [0.3, 0.4) is 0 Å². The normalized spacial score (nSPS) is 10.0. The highest BCUT2D eigenvalue weighted by Crippen LogP contribution is 2.10. The Balaban J connectivity index is 2.94. The first-order valence-corrected chi connectivity index (χ1v) is 4.87. The zero-order valence-corrected chi connectivity index (χ0v) is 8.86. The molecular formula is C10H14N2O3. The van der Waals surface area contributed by atoms with Gasteiger partial charge in [0.1, 0.15) is 5.82 Å². The first-order valence-electron chi connectivity index (χ1n) is 4.87. The van der Waals surface area contributed by atoms with E-state index in [9.17, 15) is 4.79 Å². The second-order valence-electron chi connectivity index (χ2n) is 2.97. The van der Waals surface area contributed by atoms with Crippen LogP contribution >= 0.6 is 0 Å². The van der Waals surface area contributed by atoms with Crippen molar-refractivity contribution in [2.75, 3.05) is 6.61 Å². The molecule has 0 aliphatic rings. The SMILES string of the molecule is CCOc1cc(CC(=O)O)nc(CC)n1. The Labute approximate surface area is 88.1 Å². The summed E-state index contributed by atoms with van der Waals surface area (Å²) in [7, 11) is 0. The van der Waals surface area contributed by atoms with Crippen molar-refractivity contribution in [3.05, 3.63) is 17.6 Å². The topological polar surface area (TPSA) is 72.3 Å². The highest BCUT2D eigenvalue weighted by Gasteiger charge is 2.07. The summed E-state index contributed by atoms with van der Waals surface area (Å²) >= 11 is 0. The van der Waals surface area contributed by atoms with Crippen LogP contribution in [-0.4, -0.2) is 27.7 Å². The van der Waals surface area contributed by atoms with Crippen LogP contribution in [0.1, 0.15) is 25.4 Å². The minimum absolute atomic E-state index is 0.102. The third kappa shape index (κ3) is 3.53. The summed E-state index contributed by atoms with van der Waals surface area (Å²) in [5.41, 5.74) is 0.484. The van der Waals surface area contributed by atoms with Crippen LogP contribution < -0.4 is 4.74 Å². The monoisotopic (exact) mass is 210 g/mol. The molecule has 0 aliphatic carbocycles. The summed E-state index contributed by atoms with van der Waals surface area (Å²) in [6.45, 7) is 4.27. The minimum atomic E-state index is -0.904. The molecule has 1 aromatic heterocycles. The van der Waals surface area contributed by atoms with Crippen molar-refractivity contribution in [1.82, 2.24) is 9.97 Å². The minimum Gasteiger partial charge on any atom is -0.481 e. The lowest BCUT2D eigenvalue weighted by Crippen LogP contribution is -2.07. The summed E-state index contributed by atoms with van der Waals surface area (Å²) in [4.78, 5) is 18.8. The molecule has 0 spiro atoms. The van der Waals surface area contributed by atoms with Gasteiger partial charge in [0.05, 0.1) is 18.7 Å². The van der Waals surface area contributed by atoms with Crippen molar-refractivity contribution in [2.24, 2.45) is 0 Å². The van der Waals surface area contributed by atoms with Crippen LogP contribution in [-0.2, 0) is 17.6 Å². The van der Waals surface area contributed by atoms with Gasteiger partial charge in [0.2, 0.25) is 5.88 Å². The zero-order chi connectivity index (χ0) is 11.3. The zero-order valence-electron chi connectivity index (χ0n) is 8.86. The van der Waals surface area contributed by atoms with E-state index in [4.69, 9.17) is 9.84 Å². The summed E-state index contributed by atoms with van der Waals surface area (Å²) in [5.74, 6) is 0.149. The number of aliphatic carboxylic acids is 1. The molecule has 5 nitrogen and oxygen atoms in total. The second-order valence-corrected chi connectivity index (χ2v) is 2.97. The molecule has 0 radical (unpaired) electrons. The van der Waals surface area contributed by atoms with E-state index in [-0.39, 0.29) is 6.42 Å². The van der Waals surface area contributed by atoms with Crippen molar-refractivity contribution < 1.29 is 14.6 Å². The average molecular weight is 210 g/mol. The van der Waals surface area contributed by atoms with Crippen LogP contribution in [0.2, 0.25) is 0 Å². The fourth-order valence-electron chi connectivity index (χ4n) is 1.15. The van der Waals surface area contributed by atoms with Crippen molar-refractivity contribution in [2.45, 2.75) is 26.7 Å². The van der Waals surface area contributed by atoms with Gasteiger partial charge in [-0.25, -0.2) is 4.98 Å². The quantitative estimate of drug-likeness (QED) is 0.786. The largest absolute Gasteiger partial charge is 0.481 e. The van der Waals surface area contributed by atoms with Crippen LogP contribution in [0, 0.1) is 0 Å². The number of rotatable bonds is 5. The summed E-state index contributed by atoms with van der Waals surface area (Å²) < 4.78 is 5.23. The third-order valence-electron chi connectivity index (χ3n) is 1.74. The molecule has 1 aromatic rings. The molecule has 15 heavy (non-hydrogen) atoms. The molecule has 0 atom stereocenters. The molecule has 0 saturated carbocycles. The molecule has 0 amide bonds. The fraction of sp³-hybridized carbons (Fsp3) is 0.500. The lowest BCUT2D eigenvalue weighted by atomic mass is 10.3. The predicted octanol–water partition coefficient (Wildman–Crippen LogP) is 1.06. The van der Waals surface area contributed by atoms with E-state index in [1.54, 1.807) is 6.07 Å². The molecule has 0 bridgehead atoms. The molecule has 1 heterocycles. The number of nitrogens with zero attached hydrogens (tertiary/aromatic N) is 2. The molecule has 1 N–H and O–H groups in total. The number of hydrogen-bond donors (Lipinski definition) is 1. The van der Waals surface area contributed by atoms with Gasteiger partial charge in [-0.15, -0.1) is 0 Å². The lowest BCUT2D eigenvalue weighted by Gasteiger charge is -2.05. The Kier molecular flexibility index (Phi) is 4.03. The smallest absolute Gasteiger partial charge is 0.309 e. The van der Waals surface area contributed by atoms with Crippen LogP contribution in [0.5, 0.6) is 5.88 Å². The average Bonchev–Trinajstić information content (AvgIpc) is 2.16. The van der Waals surface area contributed by atoms with Gasteiger partial charge < -0.3 is 9.84 Å². The standard InChI is InChI=1S/C10H14N2O3/c1-3-8-11-7(6-10(13)14)5-9(12-8)15-4-2/h5H,3-4,6H2,1-2H3,(H,13,14). The summed E-state index contributed by atoms with van der Waals surface area (Å²) in [6, 6.07) is 1.57. The molecule has 0 aliphatic heterocycles. The molecule has 0 saturated heterocycles. The molecule has 0 fully saturated rings. The third-order valence-corrected chi connectivity index (χ3v) is 1.74. The maximum atomic E-state index is 10.5. The first kappa shape index (κ1) is 11.4. The van der Waals surface area contributed by atoms with Gasteiger partial charge >= 0.3 is 5.97 Å². The van der Waals surface area contributed by atoms with Gasteiger partial charge in [-0.2, -0.15) is 4.98 Å². The predicted molar refractivity (Wildman–Crippen MR) is 53.9 cm³/mol. The summed E-state index contributed by atoms with van der Waals surface area (Å²) in [5, 5.41) is 8.65. The maximum Gasteiger partial charge on any atom is 0.309 e. The molecular weight excluding hydrogens is 196 g/mol. The van der Waals surface area contributed by atoms with E-state index in [1.165, 1.54) is 0 Å². The van der Waals surface area contributed by atoms with Crippen molar-refractivity contribution >= 4 is 5.97 Å². The van der Waals surface area contributed by atoms with Crippen molar-refractivity contribution in [3.63, 3.8) is 0 Å².